The lowest BCUT2D eigenvalue weighted by Gasteiger charge is -2.31. The fraction of sp³-hybridized carbons (Fsp3) is 0.526. The molecule has 25 heavy (non-hydrogen) atoms. The van der Waals surface area contributed by atoms with E-state index in [1.165, 1.54) is 0 Å². The van der Waals surface area contributed by atoms with Gasteiger partial charge < -0.3 is 10.2 Å². The summed E-state index contributed by atoms with van der Waals surface area (Å²) >= 11 is 0. The minimum Gasteiger partial charge on any atom is -0.330 e. The molecule has 0 atom stereocenters. The Hall–Kier alpha value is -2.37. The van der Waals surface area contributed by atoms with Gasteiger partial charge in [-0.3, -0.25) is 20.7 Å². The van der Waals surface area contributed by atoms with Gasteiger partial charge in [0.05, 0.1) is 0 Å². The van der Waals surface area contributed by atoms with Crippen molar-refractivity contribution in [1.82, 2.24) is 5.73 Å². The Labute approximate surface area is 148 Å². The highest BCUT2D eigenvalue weighted by Gasteiger charge is 2.47. The van der Waals surface area contributed by atoms with Crippen molar-refractivity contribution in [2.24, 2.45) is 5.41 Å². The molecule has 0 unspecified atom stereocenters. The van der Waals surface area contributed by atoms with Crippen molar-refractivity contribution in [3.05, 3.63) is 23.8 Å². The lowest BCUT2D eigenvalue weighted by atomic mass is 9.84. The second kappa shape index (κ2) is 6.86. The highest BCUT2D eigenvalue weighted by molar-refractivity contribution is 6.10. The van der Waals surface area contributed by atoms with Crippen LogP contribution in [0.25, 0.3) is 0 Å². The Kier molecular flexibility index (Phi) is 4.79. The molecule has 2 fully saturated rings. The first-order chi connectivity index (χ1) is 11.9. The van der Waals surface area contributed by atoms with Gasteiger partial charge in [0.2, 0.25) is 5.91 Å². The zero-order chi connectivity index (χ0) is 18.0. The fourth-order valence-corrected chi connectivity index (χ4v) is 3.92. The Bertz CT molecular complexity index is 707. The van der Waals surface area contributed by atoms with E-state index in [1.807, 2.05) is 30.0 Å². The number of carbonyl (C=O) groups excluding carboxylic acids is 2. The van der Waals surface area contributed by atoms with Crippen LogP contribution in [0.15, 0.2) is 18.2 Å². The van der Waals surface area contributed by atoms with Gasteiger partial charge in [-0.25, -0.2) is 0 Å². The summed E-state index contributed by atoms with van der Waals surface area (Å²) in [5.74, 6) is -0.503. The second-order valence-corrected chi connectivity index (χ2v) is 7.13. The molecule has 2 aliphatic rings. The van der Waals surface area contributed by atoms with Gasteiger partial charge in [0.25, 0.3) is 5.91 Å². The van der Waals surface area contributed by atoms with Crippen LogP contribution < -0.4 is 16.0 Å². The predicted molar refractivity (Wildman–Crippen MR) is 97.7 cm³/mol. The first-order valence-electron chi connectivity index (χ1n) is 8.97. The number of rotatable bonds is 4. The van der Waals surface area contributed by atoms with E-state index in [0.717, 1.165) is 49.9 Å². The maximum Gasteiger partial charge on any atom is 0.254 e. The molecule has 1 saturated heterocycles. The molecule has 0 spiro atoms. The molecule has 0 aromatic heterocycles. The molecule has 1 radical (unpaired) electrons. The number of hydrogen-bond acceptors (Lipinski definition) is 3. The van der Waals surface area contributed by atoms with E-state index < -0.39 is 11.3 Å². The fourth-order valence-electron chi connectivity index (χ4n) is 3.92. The molecule has 3 N–H and O–H groups in total. The topological polar surface area (TPSA) is 97.1 Å². The third kappa shape index (κ3) is 3.25. The number of anilines is 2. The van der Waals surface area contributed by atoms with Crippen LogP contribution in [0.5, 0.6) is 0 Å². The molecule has 1 saturated carbocycles. The number of amides is 2. The van der Waals surface area contributed by atoms with Crippen molar-refractivity contribution < 1.29 is 9.59 Å². The molecule has 0 bridgehead atoms. The van der Waals surface area contributed by atoms with E-state index in [-0.39, 0.29) is 5.91 Å². The molecular weight excluding hydrogens is 316 g/mol. The van der Waals surface area contributed by atoms with Crippen molar-refractivity contribution >= 4 is 29.0 Å². The van der Waals surface area contributed by atoms with Crippen LogP contribution in [-0.2, 0) is 9.59 Å². The van der Waals surface area contributed by atoms with Crippen LogP contribution in [-0.4, -0.2) is 24.2 Å². The number of amidine groups is 1. The third-order valence-corrected chi connectivity index (χ3v) is 5.44. The minimum atomic E-state index is -1.18. The van der Waals surface area contributed by atoms with Crippen LogP contribution in [0.1, 0.15) is 50.5 Å². The maximum absolute atomic E-state index is 12.6. The van der Waals surface area contributed by atoms with Crippen molar-refractivity contribution in [3.8, 4) is 0 Å². The Morgan fingerprint density at radius 3 is 2.48 bits per heavy atom. The zero-order valence-electron chi connectivity index (χ0n) is 14.7. The highest BCUT2D eigenvalue weighted by Crippen LogP contribution is 2.39. The molecule has 6 heteroatoms. The number of benzene rings is 1. The molecule has 1 aliphatic carbocycles. The molecule has 133 valence electrons. The van der Waals surface area contributed by atoms with E-state index in [1.54, 1.807) is 0 Å². The van der Waals surface area contributed by atoms with Crippen LogP contribution in [0.2, 0.25) is 0 Å². The Morgan fingerprint density at radius 1 is 1.16 bits per heavy atom. The number of hydrogen-bond donors (Lipinski definition) is 2. The van der Waals surface area contributed by atoms with E-state index >= 15 is 0 Å². The van der Waals surface area contributed by atoms with Crippen molar-refractivity contribution in [1.29, 1.82) is 5.41 Å². The van der Waals surface area contributed by atoms with E-state index in [4.69, 9.17) is 11.1 Å². The van der Waals surface area contributed by atoms with E-state index in [9.17, 15) is 9.59 Å². The Morgan fingerprint density at radius 2 is 1.88 bits per heavy atom. The maximum atomic E-state index is 12.6. The average molecular weight is 341 g/mol. The molecule has 1 heterocycles. The summed E-state index contributed by atoms with van der Waals surface area (Å²) in [7, 11) is 0. The largest absolute Gasteiger partial charge is 0.330 e. The van der Waals surface area contributed by atoms with Gasteiger partial charge in [-0.05, 0) is 56.4 Å². The number of nitrogens with one attached hydrogen (secondary N) is 3. The van der Waals surface area contributed by atoms with Crippen LogP contribution in [0.3, 0.4) is 0 Å². The summed E-state index contributed by atoms with van der Waals surface area (Å²) in [5.41, 5.74) is 8.97. The monoisotopic (exact) mass is 341 g/mol. The van der Waals surface area contributed by atoms with Crippen molar-refractivity contribution in [2.75, 3.05) is 16.8 Å². The molecule has 6 nitrogen and oxygen atoms in total. The summed E-state index contributed by atoms with van der Waals surface area (Å²) in [5, 5.41) is 11.0. The van der Waals surface area contributed by atoms with E-state index in [0.29, 0.717) is 24.4 Å². The number of carbonyl (C=O) groups is 2. The molecule has 1 aliphatic heterocycles. The van der Waals surface area contributed by atoms with Gasteiger partial charge in [-0.15, -0.1) is 0 Å². The molecular formula is C19H25N4O2. The van der Waals surface area contributed by atoms with Gasteiger partial charge in [0, 0.05) is 24.3 Å². The summed E-state index contributed by atoms with van der Waals surface area (Å²) < 4.78 is 0. The van der Waals surface area contributed by atoms with Gasteiger partial charge in [0.15, 0.2) is 0 Å². The summed E-state index contributed by atoms with van der Waals surface area (Å²) in [6.45, 7) is 2.82. The third-order valence-electron chi connectivity index (χ3n) is 5.44. The standard InChI is InChI=1S/C19H25N4O2/c1-13-12-14(7-8-15(13)23-11-5-2-6-16(23)20)22-18(25)19(17(21)24)9-3-4-10-19/h7-8,12,20-21H,2-6,9-11H2,1H3,(H,22,25). The molecule has 1 aromatic rings. The molecule has 1 aromatic carbocycles. The number of piperidine rings is 1. The zero-order valence-corrected chi connectivity index (χ0v) is 14.7. The van der Waals surface area contributed by atoms with Crippen LogP contribution >= 0.6 is 0 Å². The lowest BCUT2D eigenvalue weighted by molar-refractivity contribution is -0.138. The van der Waals surface area contributed by atoms with Crippen LogP contribution in [0, 0.1) is 17.7 Å². The van der Waals surface area contributed by atoms with Gasteiger partial charge in [-0.2, -0.15) is 0 Å². The summed E-state index contributed by atoms with van der Waals surface area (Å²) in [4.78, 5) is 26.4. The van der Waals surface area contributed by atoms with Crippen LogP contribution in [0.4, 0.5) is 11.4 Å². The first-order valence-corrected chi connectivity index (χ1v) is 8.97. The van der Waals surface area contributed by atoms with E-state index in [2.05, 4.69) is 5.32 Å². The SMILES string of the molecule is Cc1cc(NC(=O)C2(C([NH])=O)CCCC2)ccc1N1CCCCC1=N. The average Bonchev–Trinajstić information content (AvgIpc) is 3.07. The normalized spacial score (nSPS) is 19.7. The van der Waals surface area contributed by atoms with Gasteiger partial charge >= 0.3 is 0 Å². The highest BCUT2D eigenvalue weighted by atomic mass is 16.2. The number of aryl methyl sites for hydroxylation is 1. The van der Waals surface area contributed by atoms with Crippen molar-refractivity contribution in [3.63, 3.8) is 0 Å². The summed E-state index contributed by atoms with van der Waals surface area (Å²) in [6.07, 6.45) is 5.48. The van der Waals surface area contributed by atoms with Crippen molar-refractivity contribution in [2.45, 2.75) is 51.9 Å². The molecule has 2 amide bonds. The predicted octanol–water partition coefficient (Wildman–Crippen LogP) is 3.27. The lowest BCUT2D eigenvalue weighted by Crippen LogP contribution is -2.41. The smallest absolute Gasteiger partial charge is 0.254 e. The Balaban J connectivity index is 1.78. The minimum absolute atomic E-state index is 0.358. The van der Waals surface area contributed by atoms with Gasteiger partial charge in [0.1, 0.15) is 11.3 Å². The first kappa shape index (κ1) is 17.5. The second-order valence-electron chi connectivity index (χ2n) is 7.13. The number of nitrogens with zero attached hydrogens (tertiary/aromatic N) is 1. The molecule has 3 rings (SSSR count). The quantitative estimate of drug-likeness (QED) is 0.822. The summed E-state index contributed by atoms with van der Waals surface area (Å²) in [6, 6.07) is 5.63. The van der Waals surface area contributed by atoms with Gasteiger partial charge in [-0.1, -0.05) is 12.8 Å².